The minimum Gasteiger partial charge on any atom is -0.395 e. The Bertz CT molecular complexity index is 225. The molecular formula is C17H38N4O3. The number of β-amino-alcohol motifs (C(OH)–C–C–N with tert-alkyl or cyclic N) is 3. The molecule has 0 unspecified atom stereocenters. The smallest absolute Gasteiger partial charge is 0.0558 e. The average Bonchev–Trinajstić information content (AvgIpc) is 2.57. The van der Waals surface area contributed by atoms with Crippen molar-refractivity contribution in [1.82, 2.24) is 19.6 Å². The predicted molar refractivity (Wildman–Crippen MR) is 97.3 cm³/mol. The lowest BCUT2D eigenvalue weighted by atomic mass is 10.3. The fourth-order valence-corrected chi connectivity index (χ4v) is 3.21. The first-order valence-electron chi connectivity index (χ1n) is 9.45. The van der Waals surface area contributed by atoms with Gasteiger partial charge in [0.25, 0.3) is 0 Å². The van der Waals surface area contributed by atoms with Gasteiger partial charge < -0.3 is 20.2 Å². The number of hydrogen-bond donors (Lipinski definition) is 3. The first-order chi connectivity index (χ1) is 11.7. The lowest BCUT2D eigenvalue weighted by Crippen LogP contribution is -2.47. The van der Waals surface area contributed by atoms with E-state index in [0.717, 1.165) is 65.3 Å². The van der Waals surface area contributed by atoms with Crippen LogP contribution >= 0.6 is 0 Å². The second-order valence-corrected chi connectivity index (χ2v) is 6.54. The van der Waals surface area contributed by atoms with Crippen molar-refractivity contribution < 1.29 is 15.3 Å². The van der Waals surface area contributed by atoms with Crippen LogP contribution in [0.1, 0.15) is 13.3 Å². The van der Waals surface area contributed by atoms with E-state index in [4.69, 9.17) is 0 Å². The molecule has 3 N–H and O–H groups in total. The maximum atomic E-state index is 9.30. The van der Waals surface area contributed by atoms with Crippen LogP contribution in [-0.4, -0.2) is 133 Å². The molecule has 0 amide bonds. The van der Waals surface area contributed by atoms with Crippen LogP contribution in [0.25, 0.3) is 0 Å². The van der Waals surface area contributed by atoms with Crippen molar-refractivity contribution in [3.63, 3.8) is 0 Å². The van der Waals surface area contributed by atoms with Gasteiger partial charge in [0.1, 0.15) is 0 Å². The summed E-state index contributed by atoms with van der Waals surface area (Å²) in [4.78, 5) is 9.41. The van der Waals surface area contributed by atoms with Crippen molar-refractivity contribution in [3.05, 3.63) is 0 Å². The largest absolute Gasteiger partial charge is 0.395 e. The molecule has 1 aliphatic rings. The van der Waals surface area contributed by atoms with Crippen LogP contribution in [0.3, 0.4) is 0 Å². The fourth-order valence-electron chi connectivity index (χ4n) is 3.21. The average molecular weight is 347 g/mol. The van der Waals surface area contributed by atoms with E-state index in [-0.39, 0.29) is 19.8 Å². The summed E-state index contributed by atoms with van der Waals surface area (Å²) in [5.74, 6) is 0. The first kappa shape index (κ1) is 21.8. The number of aliphatic hydroxyl groups is 3. The Kier molecular flexibility index (Phi) is 12.6. The van der Waals surface area contributed by atoms with E-state index in [1.807, 2.05) is 0 Å². The maximum absolute atomic E-state index is 9.30. The summed E-state index contributed by atoms with van der Waals surface area (Å²) in [7, 11) is 0. The number of nitrogens with zero attached hydrogens (tertiary/aromatic N) is 4. The molecule has 1 rings (SSSR count). The Balaban J connectivity index is 2.68. The Morgan fingerprint density at radius 1 is 0.500 bits per heavy atom. The van der Waals surface area contributed by atoms with Crippen LogP contribution in [0, 0.1) is 0 Å². The normalized spacial score (nSPS) is 21.5. The summed E-state index contributed by atoms with van der Waals surface area (Å²) in [5, 5.41) is 27.9. The Labute approximate surface area is 147 Å². The summed E-state index contributed by atoms with van der Waals surface area (Å²) in [6.45, 7) is 13.6. The van der Waals surface area contributed by atoms with E-state index in [9.17, 15) is 15.3 Å². The molecule has 0 aromatic heterocycles. The van der Waals surface area contributed by atoms with Gasteiger partial charge in [0.15, 0.2) is 0 Å². The molecule has 0 spiro atoms. The third kappa shape index (κ3) is 9.27. The van der Waals surface area contributed by atoms with Gasteiger partial charge in [-0.1, -0.05) is 6.92 Å². The molecule has 7 heteroatoms. The molecular weight excluding hydrogens is 308 g/mol. The third-order valence-corrected chi connectivity index (χ3v) is 4.72. The molecule has 144 valence electrons. The molecule has 1 heterocycles. The minimum absolute atomic E-state index is 0.171. The van der Waals surface area contributed by atoms with Gasteiger partial charge in [0.2, 0.25) is 0 Å². The Hall–Kier alpha value is -0.280. The number of hydrogen-bond acceptors (Lipinski definition) is 7. The molecule has 24 heavy (non-hydrogen) atoms. The molecule has 0 aromatic carbocycles. The Morgan fingerprint density at radius 2 is 0.750 bits per heavy atom. The molecule has 0 radical (unpaired) electrons. The third-order valence-electron chi connectivity index (χ3n) is 4.72. The fraction of sp³-hybridized carbons (Fsp3) is 1.00. The van der Waals surface area contributed by atoms with E-state index in [1.165, 1.54) is 0 Å². The van der Waals surface area contributed by atoms with E-state index in [0.29, 0.717) is 19.6 Å². The van der Waals surface area contributed by atoms with E-state index in [2.05, 4.69) is 26.5 Å². The van der Waals surface area contributed by atoms with Gasteiger partial charge in [0.05, 0.1) is 19.8 Å². The van der Waals surface area contributed by atoms with Gasteiger partial charge in [-0.3, -0.25) is 14.7 Å². The zero-order chi connectivity index (χ0) is 17.6. The highest BCUT2D eigenvalue weighted by Crippen LogP contribution is 2.01. The second kappa shape index (κ2) is 13.9. The van der Waals surface area contributed by atoms with Gasteiger partial charge >= 0.3 is 0 Å². The maximum Gasteiger partial charge on any atom is 0.0558 e. The van der Waals surface area contributed by atoms with Gasteiger partial charge in [-0.05, 0) is 13.0 Å². The van der Waals surface area contributed by atoms with Crippen molar-refractivity contribution in [2.45, 2.75) is 13.3 Å². The second-order valence-electron chi connectivity index (χ2n) is 6.54. The standard InChI is InChI=1S/C17H38N4O3/c1-2-3-18-4-6-19(12-15-22)8-10-21(14-17-24)11-9-20(7-5-18)13-16-23/h22-24H,2-17H2,1H3. The van der Waals surface area contributed by atoms with Gasteiger partial charge in [-0.2, -0.15) is 0 Å². The molecule has 0 bridgehead atoms. The quantitative estimate of drug-likeness (QED) is 0.499. The minimum atomic E-state index is 0.171. The highest BCUT2D eigenvalue weighted by Gasteiger charge is 2.15. The van der Waals surface area contributed by atoms with Crippen molar-refractivity contribution >= 4 is 0 Å². The lowest BCUT2D eigenvalue weighted by molar-refractivity contribution is 0.105. The predicted octanol–water partition coefficient (Wildman–Crippen LogP) is -1.41. The Morgan fingerprint density at radius 3 is 0.958 bits per heavy atom. The highest BCUT2D eigenvalue weighted by atomic mass is 16.3. The molecule has 0 atom stereocenters. The van der Waals surface area contributed by atoms with Crippen molar-refractivity contribution in [2.75, 3.05) is 98.4 Å². The van der Waals surface area contributed by atoms with Crippen LogP contribution in [0.5, 0.6) is 0 Å². The van der Waals surface area contributed by atoms with Gasteiger partial charge in [-0.25, -0.2) is 0 Å². The van der Waals surface area contributed by atoms with Crippen molar-refractivity contribution in [1.29, 1.82) is 0 Å². The molecule has 1 saturated heterocycles. The van der Waals surface area contributed by atoms with Gasteiger partial charge in [0, 0.05) is 72.0 Å². The van der Waals surface area contributed by atoms with Crippen LogP contribution < -0.4 is 0 Å². The zero-order valence-corrected chi connectivity index (χ0v) is 15.4. The van der Waals surface area contributed by atoms with Crippen LogP contribution in [-0.2, 0) is 0 Å². The van der Waals surface area contributed by atoms with E-state index in [1.54, 1.807) is 0 Å². The molecule has 7 nitrogen and oxygen atoms in total. The summed E-state index contributed by atoms with van der Waals surface area (Å²) >= 11 is 0. The van der Waals surface area contributed by atoms with Gasteiger partial charge in [-0.15, -0.1) is 0 Å². The van der Waals surface area contributed by atoms with E-state index >= 15 is 0 Å². The number of rotatable bonds is 8. The SMILES string of the molecule is CCCN1CCN(CCO)CCN(CCO)CCN(CCO)CC1. The van der Waals surface area contributed by atoms with Crippen molar-refractivity contribution in [3.8, 4) is 0 Å². The van der Waals surface area contributed by atoms with Crippen LogP contribution in [0.4, 0.5) is 0 Å². The molecule has 1 fully saturated rings. The highest BCUT2D eigenvalue weighted by molar-refractivity contribution is 4.71. The van der Waals surface area contributed by atoms with Crippen molar-refractivity contribution in [2.24, 2.45) is 0 Å². The molecule has 1 aliphatic heterocycles. The monoisotopic (exact) mass is 346 g/mol. The lowest BCUT2D eigenvalue weighted by Gasteiger charge is -2.33. The molecule has 0 aromatic rings. The number of aliphatic hydroxyl groups excluding tert-OH is 3. The van der Waals surface area contributed by atoms with E-state index < -0.39 is 0 Å². The summed E-state index contributed by atoms with van der Waals surface area (Å²) in [5.41, 5.74) is 0. The van der Waals surface area contributed by atoms with Crippen LogP contribution in [0.2, 0.25) is 0 Å². The topological polar surface area (TPSA) is 73.7 Å². The molecule has 0 aliphatic carbocycles. The zero-order valence-electron chi connectivity index (χ0n) is 15.4. The first-order valence-corrected chi connectivity index (χ1v) is 9.45. The summed E-state index contributed by atoms with van der Waals surface area (Å²) in [6.07, 6.45) is 1.14. The summed E-state index contributed by atoms with van der Waals surface area (Å²) < 4.78 is 0. The van der Waals surface area contributed by atoms with Crippen LogP contribution in [0.15, 0.2) is 0 Å². The molecule has 0 saturated carbocycles. The summed E-state index contributed by atoms with van der Waals surface area (Å²) in [6, 6.07) is 0.